The topological polar surface area (TPSA) is 49.4 Å². The highest BCUT2D eigenvalue weighted by molar-refractivity contribution is 9.10. The standard InChI is InChI=1S/C28H20BrFN2O2/c29-22-12-15-25-24(16-22)27(20-10-13-23(30)14-11-20)32(17-26(33)31-25)28(34)21-8-6-19(7-9-21)18-4-2-1-3-5-18/h1-16,27H,17H2,(H,31,33)/t27-/m1/s1. The Morgan fingerprint density at radius 1 is 0.882 bits per heavy atom. The predicted octanol–water partition coefficient (Wildman–Crippen LogP) is 6.44. The van der Waals surface area contributed by atoms with Gasteiger partial charge in [0.15, 0.2) is 0 Å². The van der Waals surface area contributed by atoms with Crippen LogP contribution in [0.2, 0.25) is 0 Å². The third kappa shape index (κ3) is 4.37. The maximum absolute atomic E-state index is 13.8. The van der Waals surface area contributed by atoms with E-state index in [1.807, 2.05) is 54.6 Å². The minimum atomic E-state index is -0.576. The maximum Gasteiger partial charge on any atom is 0.255 e. The average Bonchev–Trinajstić information content (AvgIpc) is 3.00. The molecule has 2 amide bonds. The molecule has 0 radical (unpaired) electrons. The number of nitrogens with zero attached hydrogens (tertiary/aromatic N) is 1. The van der Waals surface area contributed by atoms with E-state index in [1.165, 1.54) is 12.1 Å². The van der Waals surface area contributed by atoms with E-state index in [0.717, 1.165) is 21.2 Å². The zero-order valence-electron chi connectivity index (χ0n) is 18.0. The molecule has 0 saturated heterocycles. The Balaban J connectivity index is 1.58. The molecular formula is C28H20BrFN2O2. The van der Waals surface area contributed by atoms with Crippen LogP contribution in [0, 0.1) is 5.82 Å². The second-order valence-electron chi connectivity index (χ2n) is 8.11. The van der Waals surface area contributed by atoms with Gasteiger partial charge in [-0.05, 0) is 59.2 Å². The number of rotatable bonds is 3. The van der Waals surface area contributed by atoms with Gasteiger partial charge in [0, 0.05) is 21.3 Å². The molecule has 34 heavy (non-hydrogen) atoms. The van der Waals surface area contributed by atoms with Gasteiger partial charge in [-0.25, -0.2) is 4.39 Å². The Bertz CT molecular complexity index is 1360. The lowest BCUT2D eigenvalue weighted by atomic mass is 9.95. The third-order valence-corrected chi connectivity index (χ3v) is 6.39. The van der Waals surface area contributed by atoms with Crippen molar-refractivity contribution in [1.82, 2.24) is 4.90 Å². The van der Waals surface area contributed by atoms with E-state index in [0.29, 0.717) is 16.8 Å². The number of benzene rings is 4. The van der Waals surface area contributed by atoms with E-state index in [-0.39, 0.29) is 24.2 Å². The lowest BCUT2D eigenvalue weighted by molar-refractivity contribution is -0.117. The van der Waals surface area contributed by atoms with Gasteiger partial charge in [0.05, 0.1) is 6.04 Å². The van der Waals surface area contributed by atoms with E-state index < -0.39 is 6.04 Å². The lowest BCUT2D eigenvalue weighted by Crippen LogP contribution is -2.39. The molecule has 6 heteroatoms. The molecule has 1 heterocycles. The first-order valence-corrected chi connectivity index (χ1v) is 11.6. The number of nitrogens with one attached hydrogen (secondary N) is 1. The van der Waals surface area contributed by atoms with E-state index in [9.17, 15) is 14.0 Å². The molecule has 0 saturated carbocycles. The van der Waals surface area contributed by atoms with Crippen LogP contribution in [0.25, 0.3) is 11.1 Å². The summed E-state index contributed by atoms with van der Waals surface area (Å²) in [5.74, 6) is -0.935. The number of hydrogen-bond acceptors (Lipinski definition) is 2. The van der Waals surface area contributed by atoms with Crippen molar-refractivity contribution in [3.63, 3.8) is 0 Å². The van der Waals surface area contributed by atoms with Gasteiger partial charge in [-0.1, -0.05) is 70.5 Å². The molecule has 0 fully saturated rings. The summed E-state index contributed by atoms with van der Waals surface area (Å²) in [5, 5.41) is 2.90. The Morgan fingerprint density at radius 2 is 1.56 bits per heavy atom. The molecule has 1 aliphatic heterocycles. The molecule has 4 aromatic rings. The van der Waals surface area contributed by atoms with Gasteiger partial charge in [-0.2, -0.15) is 0 Å². The predicted molar refractivity (Wildman–Crippen MR) is 134 cm³/mol. The summed E-state index contributed by atoms with van der Waals surface area (Å²) in [6.07, 6.45) is 0. The molecule has 0 aromatic heterocycles. The second-order valence-corrected chi connectivity index (χ2v) is 9.03. The van der Waals surface area contributed by atoms with Crippen LogP contribution in [0.5, 0.6) is 0 Å². The van der Waals surface area contributed by atoms with Gasteiger partial charge in [0.2, 0.25) is 5.91 Å². The molecule has 1 N–H and O–H groups in total. The molecular weight excluding hydrogens is 495 g/mol. The van der Waals surface area contributed by atoms with Crippen molar-refractivity contribution in [2.75, 3.05) is 11.9 Å². The zero-order valence-corrected chi connectivity index (χ0v) is 19.6. The molecule has 5 rings (SSSR count). The van der Waals surface area contributed by atoms with Crippen LogP contribution in [0.1, 0.15) is 27.5 Å². The number of anilines is 1. The fourth-order valence-corrected chi connectivity index (χ4v) is 4.65. The van der Waals surface area contributed by atoms with Gasteiger partial charge < -0.3 is 10.2 Å². The average molecular weight is 515 g/mol. The van der Waals surface area contributed by atoms with Crippen molar-refractivity contribution in [2.45, 2.75) is 6.04 Å². The Kier molecular flexibility index (Phi) is 5.99. The van der Waals surface area contributed by atoms with Crippen LogP contribution in [-0.2, 0) is 4.79 Å². The number of halogens is 2. The fourth-order valence-electron chi connectivity index (χ4n) is 4.27. The van der Waals surface area contributed by atoms with Crippen LogP contribution in [0.15, 0.2) is 102 Å². The van der Waals surface area contributed by atoms with E-state index in [1.54, 1.807) is 35.2 Å². The Hall–Kier alpha value is -3.77. The second kappa shape index (κ2) is 9.23. The summed E-state index contributed by atoms with van der Waals surface area (Å²) in [6, 6.07) is 28.2. The molecule has 0 unspecified atom stereocenters. The summed E-state index contributed by atoms with van der Waals surface area (Å²) < 4.78 is 14.5. The normalized spacial score (nSPS) is 15.3. The summed E-state index contributed by atoms with van der Waals surface area (Å²) >= 11 is 3.50. The van der Waals surface area contributed by atoms with Gasteiger partial charge >= 0.3 is 0 Å². The smallest absolute Gasteiger partial charge is 0.255 e. The Morgan fingerprint density at radius 3 is 2.26 bits per heavy atom. The van der Waals surface area contributed by atoms with Crippen molar-refractivity contribution in [3.05, 3.63) is 124 Å². The van der Waals surface area contributed by atoms with E-state index >= 15 is 0 Å². The molecule has 4 aromatic carbocycles. The third-order valence-electron chi connectivity index (χ3n) is 5.89. The van der Waals surface area contributed by atoms with E-state index in [4.69, 9.17) is 0 Å². The van der Waals surface area contributed by atoms with Gasteiger partial charge in [0.25, 0.3) is 5.91 Å². The molecule has 168 valence electrons. The number of carbonyl (C=O) groups excluding carboxylic acids is 2. The highest BCUT2D eigenvalue weighted by Crippen LogP contribution is 2.38. The van der Waals surface area contributed by atoms with Crippen molar-refractivity contribution in [2.24, 2.45) is 0 Å². The molecule has 0 bridgehead atoms. The van der Waals surface area contributed by atoms with Gasteiger partial charge in [0.1, 0.15) is 12.4 Å². The molecule has 1 aliphatic rings. The number of fused-ring (bicyclic) bond motifs is 1. The molecule has 4 nitrogen and oxygen atoms in total. The quantitative estimate of drug-likeness (QED) is 0.342. The van der Waals surface area contributed by atoms with Gasteiger partial charge in [-0.15, -0.1) is 0 Å². The minimum absolute atomic E-state index is 0.131. The lowest BCUT2D eigenvalue weighted by Gasteiger charge is -2.31. The first-order valence-electron chi connectivity index (χ1n) is 10.8. The first-order chi connectivity index (χ1) is 16.5. The van der Waals surface area contributed by atoms with Crippen molar-refractivity contribution in [1.29, 1.82) is 0 Å². The van der Waals surface area contributed by atoms with Crippen LogP contribution < -0.4 is 5.32 Å². The van der Waals surface area contributed by atoms with Crippen LogP contribution in [0.4, 0.5) is 10.1 Å². The SMILES string of the molecule is O=C1CN(C(=O)c2ccc(-c3ccccc3)cc2)[C@H](c2ccc(F)cc2)c2cc(Br)ccc2N1. The van der Waals surface area contributed by atoms with Crippen molar-refractivity contribution in [3.8, 4) is 11.1 Å². The minimum Gasteiger partial charge on any atom is -0.324 e. The Labute approximate surface area is 205 Å². The summed E-state index contributed by atoms with van der Waals surface area (Å²) in [6.45, 7) is -0.131. The first kappa shape index (κ1) is 22.0. The maximum atomic E-state index is 13.8. The fraction of sp³-hybridized carbons (Fsp3) is 0.0714. The van der Waals surface area contributed by atoms with Crippen molar-refractivity contribution >= 4 is 33.4 Å². The molecule has 0 spiro atoms. The molecule has 1 atom stereocenters. The van der Waals surface area contributed by atoms with Crippen LogP contribution >= 0.6 is 15.9 Å². The highest BCUT2D eigenvalue weighted by Gasteiger charge is 2.34. The van der Waals surface area contributed by atoms with Crippen LogP contribution in [-0.4, -0.2) is 23.3 Å². The monoisotopic (exact) mass is 514 g/mol. The number of hydrogen-bond donors (Lipinski definition) is 1. The van der Waals surface area contributed by atoms with E-state index in [2.05, 4.69) is 21.2 Å². The largest absolute Gasteiger partial charge is 0.324 e. The van der Waals surface area contributed by atoms with Crippen molar-refractivity contribution < 1.29 is 14.0 Å². The number of amides is 2. The summed E-state index contributed by atoms with van der Waals surface area (Å²) in [7, 11) is 0. The number of carbonyl (C=O) groups is 2. The zero-order chi connectivity index (χ0) is 23.7. The molecule has 0 aliphatic carbocycles. The van der Waals surface area contributed by atoms with Crippen LogP contribution in [0.3, 0.4) is 0 Å². The highest BCUT2D eigenvalue weighted by atomic mass is 79.9. The summed E-state index contributed by atoms with van der Waals surface area (Å²) in [5.41, 5.74) is 4.61. The summed E-state index contributed by atoms with van der Waals surface area (Å²) in [4.78, 5) is 28.1. The van der Waals surface area contributed by atoms with Gasteiger partial charge in [-0.3, -0.25) is 9.59 Å².